The number of nitrogens with zero attached hydrogens (tertiary/aromatic N) is 1. The summed E-state index contributed by atoms with van der Waals surface area (Å²) in [5.74, 6) is 1.37. The van der Waals surface area contributed by atoms with Gasteiger partial charge in [-0.3, -0.25) is 19.3 Å². The van der Waals surface area contributed by atoms with Crippen LogP contribution >= 0.6 is 23.5 Å². The smallest absolute Gasteiger partial charge is 0.242 e. The molecule has 3 amide bonds. The van der Waals surface area contributed by atoms with Crippen molar-refractivity contribution in [2.24, 2.45) is 5.73 Å². The average Bonchev–Trinajstić information content (AvgIpc) is 2.80. The number of primary amides is 1. The Morgan fingerprint density at radius 3 is 2.71 bits per heavy atom. The summed E-state index contributed by atoms with van der Waals surface area (Å²) in [5, 5.41) is -0.241. The Morgan fingerprint density at radius 1 is 1.21 bits per heavy atom. The predicted molar refractivity (Wildman–Crippen MR) is 99.1 cm³/mol. The Labute approximate surface area is 152 Å². The molecule has 1 rings (SSSR count). The second kappa shape index (κ2) is 12.6. The van der Waals surface area contributed by atoms with Crippen molar-refractivity contribution in [2.75, 3.05) is 37.5 Å². The molecule has 1 atom stereocenters. The van der Waals surface area contributed by atoms with Gasteiger partial charge >= 0.3 is 0 Å². The number of carbonyl (C=O) groups excluding carboxylic acids is 3. The molecular formula is C16H28N2O4S2. The Hall–Kier alpha value is -0.730. The SMILES string of the molecule is CSCCOCCCSC1CC(=O)N(CCCCCC(N)=O)C1=O. The minimum absolute atomic E-state index is 0.0665. The highest BCUT2D eigenvalue weighted by atomic mass is 32.2. The first-order chi connectivity index (χ1) is 11.6. The van der Waals surface area contributed by atoms with Crippen LogP contribution in [0.2, 0.25) is 0 Å². The molecule has 0 spiro atoms. The van der Waals surface area contributed by atoms with Gasteiger partial charge in [0.15, 0.2) is 0 Å². The summed E-state index contributed by atoms with van der Waals surface area (Å²) in [5.41, 5.74) is 5.08. The van der Waals surface area contributed by atoms with E-state index in [1.165, 1.54) is 4.90 Å². The molecule has 138 valence electrons. The van der Waals surface area contributed by atoms with Crippen LogP contribution < -0.4 is 5.73 Å². The van der Waals surface area contributed by atoms with E-state index in [1.54, 1.807) is 23.5 Å². The van der Waals surface area contributed by atoms with Crippen molar-refractivity contribution in [3.8, 4) is 0 Å². The average molecular weight is 377 g/mol. The molecule has 24 heavy (non-hydrogen) atoms. The first kappa shape index (κ1) is 21.3. The summed E-state index contributed by atoms with van der Waals surface area (Å²) in [4.78, 5) is 36.3. The van der Waals surface area contributed by atoms with Crippen LogP contribution in [0, 0.1) is 0 Å². The maximum atomic E-state index is 12.3. The number of unbranched alkanes of at least 4 members (excludes halogenated alkanes) is 2. The van der Waals surface area contributed by atoms with Gasteiger partial charge in [0.2, 0.25) is 17.7 Å². The van der Waals surface area contributed by atoms with Crippen molar-refractivity contribution in [3.63, 3.8) is 0 Å². The molecule has 1 aliphatic heterocycles. The number of amides is 3. The first-order valence-electron chi connectivity index (χ1n) is 8.37. The molecule has 1 unspecified atom stereocenters. The van der Waals surface area contributed by atoms with Gasteiger partial charge in [-0.25, -0.2) is 0 Å². The van der Waals surface area contributed by atoms with E-state index >= 15 is 0 Å². The lowest BCUT2D eigenvalue weighted by molar-refractivity contribution is -0.138. The number of imide groups is 1. The second-order valence-electron chi connectivity index (χ2n) is 5.68. The Morgan fingerprint density at radius 2 is 2.00 bits per heavy atom. The molecule has 0 aromatic rings. The van der Waals surface area contributed by atoms with Crippen molar-refractivity contribution in [3.05, 3.63) is 0 Å². The standard InChI is InChI=1S/C16H28N2O4S2/c1-23-11-9-22-8-5-10-24-13-12-15(20)18(16(13)21)7-4-2-3-6-14(17)19/h13H,2-12H2,1H3,(H2,17,19). The van der Waals surface area contributed by atoms with Gasteiger partial charge < -0.3 is 10.5 Å². The topological polar surface area (TPSA) is 89.7 Å². The summed E-state index contributed by atoms with van der Waals surface area (Å²) in [6.07, 6.45) is 5.84. The van der Waals surface area contributed by atoms with Gasteiger partial charge in [-0.05, 0) is 31.3 Å². The molecule has 6 nitrogen and oxygen atoms in total. The van der Waals surface area contributed by atoms with Crippen LogP contribution in [0.1, 0.15) is 38.5 Å². The third-order valence-electron chi connectivity index (χ3n) is 3.69. The minimum Gasteiger partial charge on any atom is -0.381 e. The monoisotopic (exact) mass is 376 g/mol. The fourth-order valence-corrected chi connectivity index (χ4v) is 3.78. The van der Waals surface area contributed by atoms with E-state index < -0.39 is 0 Å². The molecule has 1 heterocycles. The predicted octanol–water partition coefficient (Wildman–Crippen LogP) is 1.66. The zero-order valence-corrected chi connectivity index (χ0v) is 16.0. The second-order valence-corrected chi connectivity index (χ2v) is 7.98. The third-order valence-corrected chi connectivity index (χ3v) is 5.56. The van der Waals surface area contributed by atoms with Gasteiger partial charge in [0, 0.05) is 31.7 Å². The normalized spacial score (nSPS) is 17.7. The molecule has 1 fully saturated rings. The van der Waals surface area contributed by atoms with Crippen LogP contribution in [-0.2, 0) is 19.1 Å². The molecule has 0 bridgehead atoms. The lowest BCUT2D eigenvalue weighted by Gasteiger charge is -2.14. The van der Waals surface area contributed by atoms with E-state index in [9.17, 15) is 14.4 Å². The van der Waals surface area contributed by atoms with Gasteiger partial charge in [-0.15, -0.1) is 11.8 Å². The molecule has 0 radical (unpaired) electrons. The summed E-state index contributed by atoms with van der Waals surface area (Å²) in [6, 6.07) is 0. The van der Waals surface area contributed by atoms with Crippen molar-refractivity contribution >= 4 is 41.2 Å². The summed E-state index contributed by atoms with van der Waals surface area (Å²) >= 11 is 3.31. The fourth-order valence-electron chi connectivity index (χ4n) is 2.39. The van der Waals surface area contributed by atoms with Crippen LogP contribution in [-0.4, -0.2) is 65.4 Å². The van der Waals surface area contributed by atoms with Crippen molar-refractivity contribution in [1.29, 1.82) is 0 Å². The van der Waals surface area contributed by atoms with Crippen LogP contribution in [0.15, 0.2) is 0 Å². The number of rotatable bonds is 14. The van der Waals surface area contributed by atoms with Crippen LogP contribution in [0.3, 0.4) is 0 Å². The van der Waals surface area contributed by atoms with Gasteiger partial charge in [0.05, 0.1) is 11.9 Å². The maximum absolute atomic E-state index is 12.3. The molecule has 1 aliphatic rings. The lowest BCUT2D eigenvalue weighted by atomic mass is 10.2. The lowest BCUT2D eigenvalue weighted by Crippen LogP contribution is -2.32. The maximum Gasteiger partial charge on any atom is 0.242 e. The molecule has 0 aliphatic carbocycles. The quantitative estimate of drug-likeness (QED) is 0.366. The van der Waals surface area contributed by atoms with Crippen molar-refractivity contribution in [1.82, 2.24) is 4.90 Å². The van der Waals surface area contributed by atoms with Gasteiger partial charge in [0.25, 0.3) is 0 Å². The highest BCUT2D eigenvalue weighted by molar-refractivity contribution is 8.00. The number of ether oxygens (including phenoxy) is 1. The van der Waals surface area contributed by atoms with Crippen molar-refractivity contribution in [2.45, 2.75) is 43.8 Å². The van der Waals surface area contributed by atoms with E-state index in [0.29, 0.717) is 32.4 Å². The van der Waals surface area contributed by atoms with Crippen LogP contribution in [0.4, 0.5) is 0 Å². The number of carbonyl (C=O) groups is 3. The molecular weight excluding hydrogens is 348 g/mol. The molecule has 2 N–H and O–H groups in total. The summed E-state index contributed by atoms with van der Waals surface area (Å²) < 4.78 is 5.47. The van der Waals surface area contributed by atoms with E-state index in [2.05, 4.69) is 0 Å². The van der Waals surface area contributed by atoms with E-state index in [-0.39, 0.29) is 23.0 Å². The first-order valence-corrected chi connectivity index (χ1v) is 10.8. The van der Waals surface area contributed by atoms with E-state index in [4.69, 9.17) is 10.5 Å². The number of hydrogen-bond acceptors (Lipinski definition) is 6. The van der Waals surface area contributed by atoms with Gasteiger partial charge in [-0.1, -0.05) is 6.42 Å². The third kappa shape index (κ3) is 8.39. The molecule has 0 aromatic carbocycles. The molecule has 0 saturated carbocycles. The summed E-state index contributed by atoms with van der Waals surface area (Å²) in [6.45, 7) is 1.91. The van der Waals surface area contributed by atoms with Crippen LogP contribution in [0.25, 0.3) is 0 Å². The number of thioether (sulfide) groups is 2. The molecule has 1 saturated heterocycles. The Balaban J connectivity index is 2.15. The minimum atomic E-state index is -0.308. The summed E-state index contributed by atoms with van der Waals surface area (Å²) in [7, 11) is 0. The van der Waals surface area contributed by atoms with E-state index in [0.717, 1.165) is 37.4 Å². The Kier molecular flexibility index (Phi) is 11.2. The van der Waals surface area contributed by atoms with E-state index in [1.807, 2.05) is 6.26 Å². The molecule has 0 aromatic heterocycles. The highest BCUT2D eigenvalue weighted by Gasteiger charge is 2.38. The highest BCUT2D eigenvalue weighted by Crippen LogP contribution is 2.26. The number of nitrogens with two attached hydrogens (primary N) is 1. The molecule has 8 heteroatoms. The fraction of sp³-hybridized carbons (Fsp3) is 0.812. The van der Waals surface area contributed by atoms with Gasteiger partial charge in [-0.2, -0.15) is 11.8 Å². The van der Waals surface area contributed by atoms with Crippen LogP contribution in [0.5, 0.6) is 0 Å². The van der Waals surface area contributed by atoms with Gasteiger partial charge in [0.1, 0.15) is 0 Å². The zero-order chi connectivity index (χ0) is 17.8. The number of hydrogen-bond donors (Lipinski definition) is 1. The zero-order valence-electron chi connectivity index (χ0n) is 14.3. The number of likely N-dealkylation sites (tertiary alicyclic amines) is 1. The Bertz CT molecular complexity index is 421. The largest absolute Gasteiger partial charge is 0.381 e. The van der Waals surface area contributed by atoms with Crippen molar-refractivity contribution < 1.29 is 19.1 Å².